The minimum Gasteiger partial charge on any atom is -0.307 e. The molecule has 1 atom stereocenters. The molecule has 1 nitrogen and oxygen atoms in total. The first-order chi connectivity index (χ1) is 9.86. The number of hydrogen-bond acceptors (Lipinski definition) is 1. The summed E-state index contributed by atoms with van der Waals surface area (Å²) in [4.78, 5) is 0. The standard InChI is InChI=1S/C19H29N/c1-3-16-12-10-11-15-18(16)19(20-4-2)17-13-8-6-5-7-9-14-17/h10-13,15,19-20H,3-9,14H2,1-2H3/b17-13+. The van der Waals surface area contributed by atoms with Gasteiger partial charge in [-0.3, -0.25) is 0 Å². The van der Waals surface area contributed by atoms with E-state index in [2.05, 4.69) is 49.5 Å². The lowest BCUT2D eigenvalue weighted by Crippen LogP contribution is -2.24. The highest BCUT2D eigenvalue weighted by molar-refractivity contribution is 5.35. The van der Waals surface area contributed by atoms with Gasteiger partial charge in [0.1, 0.15) is 0 Å². The van der Waals surface area contributed by atoms with Crippen molar-refractivity contribution in [1.29, 1.82) is 0 Å². The minimum absolute atomic E-state index is 0.425. The maximum atomic E-state index is 3.72. The zero-order valence-corrected chi connectivity index (χ0v) is 13.1. The highest BCUT2D eigenvalue weighted by atomic mass is 14.9. The first-order valence-corrected chi connectivity index (χ1v) is 8.37. The number of hydrogen-bond donors (Lipinski definition) is 1. The highest BCUT2D eigenvalue weighted by Crippen LogP contribution is 2.30. The number of benzene rings is 1. The Bertz CT molecular complexity index is 433. The molecule has 110 valence electrons. The molecule has 1 aliphatic rings. The lowest BCUT2D eigenvalue weighted by Gasteiger charge is -2.25. The normalized spacial score (nSPS) is 20.6. The summed E-state index contributed by atoms with van der Waals surface area (Å²) < 4.78 is 0. The molecule has 0 heterocycles. The van der Waals surface area contributed by atoms with Gasteiger partial charge in [-0.1, -0.05) is 62.6 Å². The van der Waals surface area contributed by atoms with Gasteiger partial charge in [0.25, 0.3) is 0 Å². The Kier molecular flexibility index (Phi) is 6.32. The van der Waals surface area contributed by atoms with Crippen molar-refractivity contribution in [2.24, 2.45) is 0 Å². The first kappa shape index (κ1) is 15.3. The SMILES string of the molecule is CCNC(/C1=C/CCCCCC1)c1ccccc1CC. The molecule has 0 aliphatic heterocycles. The summed E-state index contributed by atoms with van der Waals surface area (Å²) >= 11 is 0. The zero-order valence-electron chi connectivity index (χ0n) is 13.1. The number of aryl methyl sites for hydroxylation is 1. The Labute approximate surface area is 124 Å². The summed E-state index contributed by atoms with van der Waals surface area (Å²) in [5, 5.41) is 3.72. The third-order valence-corrected chi connectivity index (χ3v) is 4.35. The lowest BCUT2D eigenvalue weighted by atomic mass is 9.88. The van der Waals surface area contributed by atoms with Crippen LogP contribution < -0.4 is 5.32 Å². The number of rotatable bonds is 5. The topological polar surface area (TPSA) is 12.0 Å². The smallest absolute Gasteiger partial charge is 0.0538 e. The molecule has 0 fully saturated rings. The van der Waals surface area contributed by atoms with Crippen LogP contribution in [0.5, 0.6) is 0 Å². The molecule has 1 heteroatoms. The van der Waals surface area contributed by atoms with Crippen LogP contribution in [0.4, 0.5) is 0 Å². The van der Waals surface area contributed by atoms with E-state index >= 15 is 0 Å². The molecule has 0 saturated heterocycles. The second-order valence-corrected chi connectivity index (χ2v) is 5.77. The van der Waals surface area contributed by atoms with Crippen LogP contribution in [0.3, 0.4) is 0 Å². The fraction of sp³-hybridized carbons (Fsp3) is 0.579. The molecule has 0 bridgehead atoms. The zero-order chi connectivity index (χ0) is 14.2. The van der Waals surface area contributed by atoms with E-state index < -0.39 is 0 Å². The number of allylic oxidation sites excluding steroid dienone is 1. The molecule has 1 aromatic rings. The molecule has 1 N–H and O–H groups in total. The van der Waals surface area contributed by atoms with Crippen molar-refractivity contribution in [2.75, 3.05) is 6.54 Å². The summed E-state index contributed by atoms with van der Waals surface area (Å²) in [6.07, 6.45) is 11.7. The van der Waals surface area contributed by atoms with E-state index in [-0.39, 0.29) is 0 Å². The summed E-state index contributed by atoms with van der Waals surface area (Å²) in [6.45, 7) is 5.50. The minimum atomic E-state index is 0.425. The Hall–Kier alpha value is -1.08. The Morgan fingerprint density at radius 2 is 1.85 bits per heavy atom. The molecular weight excluding hydrogens is 242 g/mol. The van der Waals surface area contributed by atoms with Crippen molar-refractivity contribution in [3.05, 3.63) is 47.0 Å². The molecule has 0 amide bonds. The second kappa shape index (κ2) is 8.26. The van der Waals surface area contributed by atoms with E-state index in [4.69, 9.17) is 0 Å². The molecule has 1 unspecified atom stereocenters. The van der Waals surface area contributed by atoms with E-state index in [0.717, 1.165) is 13.0 Å². The van der Waals surface area contributed by atoms with Crippen molar-refractivity contribution in [2.45, 2.75) is 64.8 Å². The van der Waals surface area contributed by atoms with Crippen LogP contribution in [0.25, 0.3) is 0 Å². The molecule has 0 spiro atoms. The molecule has 2 rings (SSSR count). The van der Waals surface area contributed by atoms with Crippen LogP contribution in [0.2, 0.25) is 0 Å². The van der Waals surface area contributed by atoms with Gasteiger partial charge in [-0.2, -0.15) is 0 Å². The van der Waals surface area contributed by atoms with Gasteiger partial charge in [-0.05, 0) is 49.8 Å². The second-order valence-electron chi connectivity index (χ2n) is 5.77. The number of nitrogens with one attached hydrogen (secondary N) is 1. The monoisotopic (exact) mass is 271 g/mol. The van der Waals surface area contributed by atoms with Crippen LogP contribution in [-0.2, 0) is 6.42 Å². The average Bonchev–Trinajstić information content (AvgIpc) is 2.45. The Morgan fingerprint density at radius 3 is 2.65 bits per heavy atom. The highest BCUT2D eigenvalue weighted by Gasteiger charge is 2.18. The van der Waals surface area contributed by atoms with Crippen LogP contribution in [0.15, 0.2) is 35.9 Å². The van der Waals surface area contributed by atoms with Gasteiger partial charge in [0.2, 0.25) is 0 Å². The van der Waals surface area contributed by atoms with Gasteiger partial charge in [0.05, 0.1) is 6.04 Å². The van der Waals surface area contributed by atoms with Crippen LogP contribution >= 0.6 is 0 Å². The van der Waals surface area contributed by atoms with Crippen molar-refractivity contribution < 1.29 is 0 Å². The molecule has 1 aliphatic carbocycles. The van der Waals surface area contributed by atoms with Gasteiger partial charge in [-0.25, -0.2) is 0 Å². The van der Waals surface area contributed by atoms with E-state index in [1.807, 2.05) is 0 Å². The van der Waals surface area contributed by atoms with Crippen LogP contribution in [0.1, 0.15) is 69.5 Å². The summed E-state index contributed by atoms with van der Waals surface area (Å²) in [6, 6.07) is 9.36. The van der Waals surface area contributed by atoms with E-state index in [9.17, 15) is 0 Å². The van der Waals surface area contributed by atoms with E-state index in [0.29, 0.717) is 6.04 Å². The summed E-state index contributed by atoms with van der Waals surface area (Å²) in [7, 11) is 0. The van der Waals surface area contributed by atoms with Gasteiger partial charge < -0.3 is 5.32 Å². The molecule has 1 aromatic carbocycles. The summed E-state index contributed by atoms with van der Waals surface area (Å²) in [5.41, 5.74) is 4.59. The molecule has 20 heavy (non-hydrogen) atoms. The Balaban J connectivity index is 2.29. The molecule has 0 aromatic heterocycles. The predicted octanol–water partition coefficient (Wildman–Crippen LogP) is 5.18. The van der Waals surface area contributed by atoms with Crippen molar-refractivity contribution in [3.8, 4) is 0 Å². The fourth-order valence-electron chi connectivity index (χ4n) is 3.26. The third kappa shape index (κ3) is 3.96. The number of likely N-dealkylation sites (N-methyl/N-ethyl adjacent to an activating group) is 1. The summed E-state index contributed by atoms with van der Waals surface area (Å²) in [5.74, 6) is 0. The molecule has 0 saturated carbocycles. The largest absolute Gasteiger partial charge is 0.307 e. The maximum Gasteiger partial charge on any atom is 0.0538 e. The van der Waals surface area contributed by atoms with Crippen molar-refractivity contribution >= 4 is 0 Å². The van der Waals surface area contributed by atoms with Crippen molar-refractivity contribution in [1.82, 2.24) is 5.32 Å². The van der Waals surface area contributed by atoms with E-state index in [1.54, 1.807) is 5.57 Å². The molecular formula is C19H29N. The quantitative estimate of drug-likeness (QED) is 0.728. The first-order valence-electron chi connectivity index (χ1n) is 8.37. The lowest BCUT2D eigenvalue weighted by molar-refractivity contribution is 0.551. The van der Waals surface area contributed by atoms with Gasteiger partial charge in [0.15, 0.2) is 0 Å². The maximum absolute atomic E-state index is 3.72. The van der Waals surface area contributed by atoms with Gasteiger partial charge in [0, 0.05) is 0 Å². The third-order valence-electron chi connectivity index (χ3n) is 4.35. The van der Waals surface area contributed by atoms with Crippen molar-refractivity contribution in [3.63, 3.8) is 0 Å². The van der Waals surface area contributed by atoms with E-state index in [1.165, 1.54) is 49.7 Å². The average molecular weight is 271 g/mol. The van der Waals surface area contributed by atoms with Gasteiger partial charge in [-0.15, -0.1) is 0 Å². The van der Waals surface area contributed by atoms with Crippen LogP contribution in [0, 0.1) is 0 Å². The Morgan fingerprint density at radius 1 is 1.05 bits per heavy atom. The van der Waals surface area contributed by atoms with Gasteiger partial charge >= 0.3 is 0 Å². The molecule has 0 radical (unpaired) electrons. The van der Waals surface area contributed by atoms with Crippen LogP contribution in [-0.4, -0.2) is 6.54 Å². The fourth-order valence-corrected chi connectivity index (χ4v) is 3.26. The predicted molar refractivity (Wildman–Crippen MR) is 88.0 cm³/mol.